The second-order valence-corrected chi connectivity index (χ2v) is 9.08. The van der Waals surface area contributed by atoms with Crippen LogP contribution >= 0.6 is 0 Å². The first-order chi connectivity index (χ1) is 15.2. The van der Waals surface area contributed by atoms with Gasteiger partial charge in [0.05, 0.1) is 7.11 Å². The summed E-state index contributed by atoms with van der Waals surface area (Å²) in [5.74, 6) is 1.40. The Bertz CT molecular complexity index is 875. The maximum Gasteiger partial charge on any atom is 0.242 e. The van der Waals surface area contributed by atoms with E-state index in [1.165, 1.54) is 5.56 Å². The van der Waals surface area contributed by atoms with Crippen LogP contribution in [0.2, 0.25) is 0 Å². The van der Waals surface area contributed by atoms with Gasteiger partial charge in [0, 0.05) is 19.5 Å². The predicted octanol–water partition coefficient (Wildman–Crippen LogP) is 4.94. The Labute approximate surface area is 193 Å². The Morgan fingerprint density at radius 2 is 1.66 bits per heavy atom. The van der Waals surface area contributed by atoms with Crippen LogP contribution in [0, 0.1) is 5.92 Å². The minimum absolute atomic E-state index is 0.0343. The van der Waals surface area contributed by atoms with Gasteiger partial charge in [-0.05, 0) is 54.0 Å². The molecule has 1 N–H and O–H groups in total. The van der Waals surface area contributed by atoms with E-state index in [1.54, 1.807) is 18.9 Å². The average Bonchev–Trinajstić information content (AvgIpc) is 2.79. The van der Waals surface area contributed by atoms with Crippen molar-refractivity contribution in [1.82, 2.24) is 10.2 Å². The minimum atomic E-state index is -0.559. The monoisotopic (exact) mass is 438 g/mol. The van der Waals surface area contributed by atoms with Gasteiger partial charge in [-0.3, -0.25) is 9.59 Å². The summed E-state index contributed by atoms with van der Waals surface area (Å²) in [4.78, 5) is 27.7. The van der Waals surface area contributed by atoms with Crippen molar-refractivity contribution in [3.05, 3.63) is 65.2 Å². The fourth-order valence-electron chi connectivity index (χ4n) is 3.47. The number of hydrogen-bond donors (Lipinski definition) is 1. The molecule has 2 aromatic carbocycles. The molecule has 0 radical (unpaired) electrons. The van der Waals surface area contributed by atoms with Gasteiger partial charge in [-0.1, -0.05) is 64.1 Å². The van der Waals surface area contributed by atoms with E-state index in [1.807, 2.05) is 24.3 Å². The van der Waals surface area contributed by atoms with Gasteiger partial charge in [0.25, 0.3) is 0 Å². The molecule has 0 heterocycles. The fraction of sp³-hybridized carbons (Fsp3) is 0.481. The number of aryl methyl sites for hydroxylation is 1. The van der Waals surface area contributed by atoms with E-state index in [4.69, 9.17) is 4.74 Å². The molecule has 1 atom stereocenters. The van der Waals surface area contributed by atoms with Crippen LogP contribution in [0.1, 0.15) is 63.6 Å². The quantitative estimate of drug-likeness (QED) is 0.541. The largest absolute Gasteiger partial charge is 0.497 e. The third kappa shape index (κ3) is 7.70. The molecule has 0 saturated heterocycles. The summed E-state index contributed by atoms with van der Waals surface area (Å²) in [6.45, 7) is 11.2. The molecule has 0 unspecified atom stereocenters. The van der Waals surface area contributed by atoms with E-state index in [0.717, 1.165) is 16.9 Å². The van der Waals surface area contributed by atoms with Crippen molar-refractivity contribution in [1.29, 1.82) is 0 Å². The normalized spacial score (nSPS) is 12.0. The van der Waals surface area contributed by atoms with E-state index in [-0.39, 0.29) is 11.8 Å². The van der Waals surface area contributed by atoms with Gasteiger partial charge in [-0.15, -0.1) is 0 Å². The van der Waals surface area contributed by atoms with E-state index < -0.39 is 6.04 Å². The number of benzene rings is 2. The first-order valence-corrected chi connectivity index (χ1v) is 11.5. The lowest BCUT2D eigenvalue weighted by molar-refractivity contribution is -0.140. The van der Waals surface area contributed by atoms with Crippen molar-refractivity contribution >= 4 is 11.8 Å². The Hall–Kier alpha value is -2.82. The first kappa shape index (κ1) is 25.4. The zero-order valence-corrected chi connectivity index (χ0v) is 20.4. The molecule has 2 rings (SSSR count). The van der Waals surface area contributed by atoms with E-state index >= 15 is 0 Å². The van der Waals surface area contributed by atoms with Gasteiger partial charge < -0.3 is 15.0 Å². The van der Waals surface area contributed by atoms with Gasteiger partial charge in [0.15, 0.2) is 0 Å². The number of ether oxygens (including phenoxy) is 1. The van der Waals surface area contributed by atoms with E-state index in [9.17, 15) is 9.59 Å². The molecule has 174 valence electrons. The molecular formula is C27H38N2O3. The number of carbonyl (C=O) groups excluding carboxylic acids is 2. The maximum atomic E-state index is 13.2. The standard InChI is InChI=1S/C27H38N2O3/c1-19(2)17-28-27(31)21(5)29(18-23-8-7-9-25(16-23)32-6)26(30)15-12-22-10-13-24(14-11-22)20(3)4/h7-11,13-14,16,19-21H,12,15,17-18H2,1-6H3,(H,28,31)/t21-/m0/s1. The van der Waals surface area contributed by atoms with Crippen molar-refractivity contribution in [2.75, 3.05) is 13.7 Å². The molecule has 0 aliphatic rings. The number of carbonyl (C=O) groups is 2. The van der Waals surface area contributed by atoms with Crippen molar-refractivity contribution in [2.45, 2.75) is 66.0 Å². The van der Waals surface area contributed by atoms with Gasteiger partial charge in [-0.2, -0.15) is 0 Å². The lowest BCUT2D eigenvalue weighted by Crippen LogP contribution is -2.48. The summed E-state index contributed by atoms with van der Waals surface area (Å²) in [5.41, 5.74) is 3.35. The third-order valence-corrected chi connectivity index (χ3v) is 5.61. The second-order valence-electron chi connectivity index (χ2n) is 9.08. The lowest BCUT2D eigenvalue weighted by atomic mass is 10.00. The van der Waals surface area contributed by atoms with Crippen LogP contribution in [0.3, 0.4) is 0 Å². The number of methoxy groups -OCH3 is 1. The maximum absolute atomic E-state index is 13.2. The lowest BCUT2D eigenvalue weighted by Gasteiger charge is -2.29. The number of amides is 2. The van der Waals surface area contributed by atoms with Crippen LogP contribution in [0.5, 0.6) is 5.75 Å². The molecule has 0 aromatic heterocycles. The summed E-state index contributed by atoms with van der Waals surface area (Å²) >= 11 is 0. The third-order valence-electron chi connectivity index (χ3n) is 5.61. The summed E-state index contributed by atoms with van der Waals surface area (Å²) in [6.07, 6.45) is 0.999. The van der Waals surface area contributed by atoms with E-state index in [2.05, 4.69) is 57.3 Å². The zero-order valence-electron chi connectivity index (χ0n) is 20.4. The zero-order chi connectivity index (χ0) is 23.7. The summed E-state index contributed by atoms with van der Waals surface area (Å²) in [6, 6.07) is 15.5. The van der Waals surface area contributed by atoms with Gasteiger partial charge in [0.1, 0.15) is 11.8 Å². The molecule has 0 saturated carbocycles. The van der Waals surface area contributed by atoms with Crippen LogP contribution < -0.4 is 10.1 Å². The topological polar surface area (TPSA) is 58.6 Å². The highest BCUT2D eigenvalue weighted by atomic mass is 16.5. The van der Waals surface area contributed by atoms with Crippen LogP contribution in [-0.4, -0.2) is 36.4 Å². The molecule has 2 amide bonds. The van der Waals surface area contributed by atoms with Crippen LogP contribution in [-0.2, 0) is 22.6 Å². The summed E-state index contributed by atoms with van der Waals surface area (Å²) < 4.78 is 5.32. The smallest absolute Gasteiger partial charge is 0.242 e. The Kier molecular flexibility index (Phi) is 9.76. The Morgan fingerprint density at radius 1 is 0.969 bits per heavy atom. The molecule has 0 spiro atoms. The molecule has 0 aliphatic carbocycles. The molecule has 5 heteroatoms. The van der Waals surface area contributed by atoms with Crippen molar-refractivity contribution in [2.24, 2.45) is 5.92 Å². The molecule has 0 bridgehead atoms. The van der Waals surface area contributed by atoms with Gasteiger partial charge in [0.2, 0.25) is 11.8 Å². The molecule has 32 heavy (non-hydrogen) atoms. The highest BCUT2D eigenvalue weighted by molar-refractivity contribution is 5.87. The molecular weight excluding hydrogens is 400 g/mol. The predicted molar refractivity (Wildman–Crippen MR) is 130 cm³/mol. The molecule has 0 aliphatic heterocycles. The van der Waals surface area contributed by atoms with Crippen molar-refractivity contribution in [3.63, 3.8) is 0 Å². The fourth-order valence-corrected chi connectivity index (χ4v) is 3.47. The number of rotatable bonds is 11. The van der Waals surface area contributed by atoms with Crippen LogP contribution in [0.4, 0.5) is 0 Å². The minimum Gasteiger partial charge on any atom is -0.497 e. The summed E-state index contributed by atoms with van der Waals surface area (Å²) in [7, 11) is 1.62. The van der Waals surface area contributed by atoms with Crippen molar-refractivity contribution in [3.8, 4) is 5.75 Å². The molecule has 2 aromatic rings. The molecule has 5 nitrogen and oxygen atoms in total. The van der Waals surface area contributed by atoms with Gasteiger partial charge in [-0.25, -0.2) is 0 Å². The number of hydrogen-bond acceptors (Lipinski definition) is 3. The van der Waals surface area contributed by atoms with Crippen LogP contribution in [0.25, 0.3) is 0 Å². The second kappa shape index (κ2) is 12.3. The highest BCUT2D eigenvalue weighted by Gasteiger charge is 2.26. The van der Waals surface area contributed by atoms with E-state index in [0.29, 0.717) is 37.8 Å². The Morgan fingerprint density at radius 3 is 2.25 bits per heavy atom. The summed E-state index contributed by atoms with van der Waals surface area (Å²) in [5, 5.41) is 2.96. The average molecular weight is 439 g/mol. The SMILES string of the molecule is COc1cccc(CN(C(=O)CCc2ccc(C(C)C)cc2)[C@@H](C)C(=O)NCC(C)C)c1. The first-order valence-electron chi connectivity index (χ1n) is 11.5. The number of nitrogens with zero attached hydrogens (tertiary/aromatic N) is 1. The van der Waals surface area contributed by atoms with Crippen LogP contribution in [0.15, 0.2) is 48.5 Å². The molecule has 0 fully saturated rings. The Balaban J connectivity index is 2.13. The highest BCUT2D eigenvalue weighted by Crippen LogP contribution is 2.19. The number of nitrogens with one attached hydrogen (secondary N) is 1. The van der Waals surface area contributed by atoms with Gasteiger partial charge >= 0.3 is 0 Å². The van der Waals surface area contributed by atoms with Crippen molar-refractivity contribution < 1.29 is 14.3 Å².